The maximum Gasteiger partial charge on any atom is 0.182 e. The third-order valence-corrected chi connectivity index (χ3v) is 6.96. The topological polar surface area (TPSA) is 52.0 Å². The van der Waals surface area contributed by atoms with Crippen molar-refractivity contribution in [2.24, 2.45) is 5.92 Å². The van der Waals surface area contributed by atoms with E-state index in [1.807, 2.05) is 42.0 Å². The minimum absolute atomic E-state index is 0.0916. The molecule has 2 heterocycles. The number of imidazole rings is 1. The molecule has 0 radical (unpaired) electrons. The lowest BCUT2D eigenvalue weighted by molar-refractivity contribution is 0.0977. The molecule has 1 unspecified atom stereocenters. The van der Waals surface area contributed by atoms with Gasteiger partial charge < -0.3 is 0 Å². The van der Waals surface area contributed by atoms with Crippen LogP contribution in [0.2, 0.25) is 0 Å². The summed E-state index contributed by atoms with van der Waals surface area (Å²) in [5, 5.41) is 1.02. The van der Waals surface area contributed by atoms with Gasteiger partial charge in [-0.25, -0.2) is 4.98 Å². The predicted molar refractivity (Wildman–Crippen MR) is 124 cm³/mol. The number of ketones is 1. The van der Waals surface area contributed by atoms with Gasteiger partial charge >= 0.3 is 0 Å². The van der Waals surface area contributed by atoms with E-state index in [2.05, 4.69) is 36.8 Å². The van der Waals surface area contributed by atoms with Crippen molar-refractivity contribution < 1.29 is 9.00 Å². The molecule has 4 nitrogen and oxygen atoms in total. The summed E-state index contributed by atoms with van der Waals surface area (Å²) in [6.45, 7) is 6.31. The van der Waals surface area contributed by atoms with Crippen molar-refractivity contribution in [2.45, 2.75) is 44.9 Å². The van der Waals surface area contributed by atoms with Crippen LogP contribution in [0.15, 0.2) is 47.5 Å². The van der Waals surface area contributed by atoms with Crippen molar-refractivity contribution in [1.82, 2.24) is 9.55 Å². The van der Waals surface area contributed by atoms with Gasteiger partial charge in [-0.1, -0.05) is 32.9 Å². The zero-order valence-electron chi connectivity index (χ0n) is 17.5. The lowest BCUT2D eigenvalue weighted by atomic mass is 10.1. The quantitative estimate of drug-likeness (QED) is 0.352. The molecule has 0 fully saturated rings. The Labute approximate surface area is 177 Å². The molecule has 1 aromatic carbocycles. The maximum absolute atomic E-state index is 12.4. The Morgan fingerprint density at radius 2 is 2.03 bits per heavy atom. The third kappa shape index (κ3) is 5.06. The summed E-state index contributed by atoms with van der Waals surface area (Å²) in [4.78, 5) is 18.9. The lowest BCUT2D eigenvalue weighted by Gasteiger charge is -2.07. The van der Waals surface area contributed by atoms with Gasteiger partial charge in [0.2, 0.25) is 0 Å². The SMILES string of the molecule is C=S(C)(=O)c1cccc(-c2ccc(-n3cc(C(=O)CCC)nc3CC(C)C)s2)c1. The summed E-state index contributed by atoms with van der Waals surface area (Å²) in [5.41, 5.74) is 1.56. The van der Waals surface area contributed by atoms with Crippen LogP contribution < -0.4 is 0 Å². The fourth-order valence-electron chi connectivity index (χ4n) is 3.14. The minimum Gasteiger partial charge on any atom is -0.294 e. The number of aromatic nitrogens is 2. The van der Waals surface area contributed by atoms with E-state index in [9.17, 15) is 9.00 Å². The normalized spacial score (nSPS) is 13.6. The molecule has 3 rings (SSSR count). The number of thiophene rings is 1. The Balaban J connectivity index is 2.00. The molecular formula is C23H28N2O2S2. The van der Waals surface area contributed by atoms with Crippen LogP contribution >= 0.6 is 11.3 Å². The van der Waals surface area contributed by atoms with Crippen LogP contribution in [0.3, 0.4) is 0 Å². The van der Waals surface area contributed by atoms with Crippen molar-refractivity contribution in [3.63, 3.8) is 0 Å². The number of hydrogen-bond acceptors (Lipinski definition) is 4. The van der Waals surface area contributed by atoms with Gasteiger partial charge in [-0.2, -0.15) is 0 Å². The van der Waals surface area contributed by atoms with Crippen molar-refractivity contribution >= 4 is 32.5 Å². The number of hydrogen-bond donors (Lipinski definition) is 0. The molecule has 6 heteroatoms. The van der Waals surface area contributed by atoms with Crippen LogP contribution in [0.4, 0.5) is 0 Å². The molecule has 29 heavy (non-hydrogen) atoms. The molecule has 0 bridgehead atoms. The Morgan fingerprint density at radius 3 is 2.69 bits per heavy atom. The third-order valence-electron chi connectivity index (χ3n) is 4.58. The fourth-order valence-corrected chi connectivity index (χ4v) is 4.88. The van der Waals surface area contributed by atoms with E-state index in [4.69, 9.17) is 0 Å². The van der Waals surface area contributed by atoms with Crippen LogP contribution in [-0.2, 0) is 15.9 Å². The van der Waals surface area contributed by atoms with Crippen molar-refractivity contribution in [2.75, 3.05) is 6.26 Å². The van der Waals surface area contributed by atoms with E-state index in [0.29, 0.717) is 18.0 Å². The van der Waals surface area contributed by atoms with E-state index in [1.165, 1.54) is 0 Å². The summed E-state index contributed by atoms with van der Waals surface area (Å²) in [6.07, 6.45) is 5.67. The number of rotatable bonds is 8. The minimum atomic E-state index is -2.26. The molecule has 0 aliphatic carbocycles. The summed E-state index contributed by atoms with van der Waals surface area (Å²) in [5.74, 6) is 5.23. The van der Waals surface area contributed by atoms with Gasteiger partial charge in [-0.15, -0.1) is 11.3 Å². The highest BCUT2D eigenvalue weighted by atomic mass is 32.2. The molecule has 0 saturated carbocycles. The first kappa shape index (κ1) is 21.5. The van der Waals surface area contributed by atoms with E-state index in [-0.39, 0.29) is 5.78 Å². The second-order valence-corrected chi connectivity index (χ2v) is 11.4. The molecule has 0 aliphatic rings. The van der Waals surface area contributed by atoms with Crippen molar-refractivity contribution in [3.8, 4) is 15.4 Å². The lowest BCUT2D eigenvalue weighted by Crippen LogP contribution is -2.03. The fraction of sp³-hybridized carbons (Fsp3) is 0.348. The first-order chi connectivity index (χ1) is 13.7. The van der Waals surface area contributed by atoms with Gasteiger partial charge in [0.05, 0.1) is 0 Å². The first-order valence-electron chi connectivity index (χ1n) is 9.83. The Morgan fingerprint density at radius 1 is 1.28 bits per heavy atom. The Kier molecular flexibility index (Phi) is 6.44. The van der Waals surface area contributed by atoms with Gasteiger partial charge in [0.1, 0.15) is 16.5 Å². The molecule has 154 valence electrons. The zero-order chi connectivity index (χ0) is 21.2. The van der Waals surface area contributed by atoms with Crippen molar-refractivity contribution in [1.29, 1.82) is 0 Å². The van der Waals surface area contributed by atoms with Gasteiger partial charge in [0.15, 0.2) is 5.78 Å². The van der Waals surface area contributed by atoms with E-state index < -0.39 is 9.52 Å². The predicted octanol–water partition coefficient (Wildman–Crippen LogP) is 5.49. The smallest absolute Gasteiger partial charge is 0.182 e. The number of benzene rings is 1. The van der Waals surface area contributed by atoms with Crippen LogP contribution in [0, 0.1) is 5.92 Å². The number of nitrogens with zero attached hydrogens (tertiary/aromatic N) is 2. The van der Waals surface area contributed by atoms with Gasteiger partial charge in [-0.3, -0.25) is 13.6 Å². The summed E-state index contributed by atoms with van der Waals surface area (Å²) in [6, 6.07) is 11.9. The average molecular weight is 429 g/mol. The van der Waals surface area contributed by atoms with Crippen LogP contribution in [0.5, 0.6) is 0 Å². The molecule has 0 amide bonds. The molecule has 1 atom stereocenters. The highest BCUT2D eigenvalue weighted by molar-refractivity contribution is 7.99. The molecule has 3 aromatic rings. The standard InChI is InChI=1S/C23H28N2O2S2/c1-6-8-20(26)19-15-25(22(24-19)13-16(2)3)23-12-11-21(28-23)17-9-7-10-18(14-17)29(4,5)27/h7,9-12,14-16H,4,6,8,13H2,1-3,5H3. The second kappa shape index (κ2) is 8.67. The zero-order valence-corrected chi connectivity index (χ0v) is 19.1. The van der Waals surface area contributed by atoms with Gasteiger partial charge in [0, 0.05) is 35.1 Å². The maximum atomic E-state index is 12.4. The van der Waals surface area contributed by atoms with Gasteiger partial charge in [-0.05, 0) is 57.6 Å². The monoisotopic (exact) mass is 428 g/mol. The first-order valence-corrected chi connectivity index (χ1v) is 12.8. The van der Waals surface area contributed by atoms with E-state index in [1.54, 1.807) is 17.6 Å². The number of carbonyl (C=O) groups is 1. The van der Waals surface area contributed by atoms with E-state index >= 15 is 0 Å². The summed E-state index contributed by atoms with van der Waals surface area (Å²) < 4.78 is 14.4. The molecule has 0 N–H and O–H groups in total. The molecule has 0 spiro atoms. The average Bonchev–Trinajstić information content (AvgIpc) is 3.28. The largest absolute Gasteiger partial charge is 0.294 e. The number of carbonyl (C=O) groups excluding carboxylic acids is 1. The molecule has 2 aromatic heterocycles. The molecular weight excluding hydrogens is 400 g/mol. The van der Waals surface area contributed by atoms with Gasteiger partial charge in [0.25, 0.3) is 0 Å². The molecule has 0 aliphatic heterocycles. The number of Topliss-reactive ketones (excluding diaryl/α,β-unsaturated/α-hetero) is 1. The van der Waals surface area contributed by atoms with Crippen LogP contribution in [0.25, 0.3) is 15.4 Å². The van der Waals surface area contributed by atoms with Crippen molar-refractivity contribution in [3.05, 3.63) is 54.1 Å². The molecule has 0 saturated heterocycles. The Bertz CT molecular complexity index is 1120. The Hall–Kier alpha value is -2.18. The summed E-state index contributed by atoms with van der Waals surface area (Å²) in [7, 11) is -2.26. The highest BCUT2D eigenvalue weighted by Gasteiger charge is 2.17. The van der Waals surface area contributed by atoms with E-state index in [0.717, 1.165) is 39.0 Å². The van der Waals surface area contributed by atoms with Crippen LogP contribution in [0.1, 0.15) is 49.9 Å². The highest BCUT2D eigenvalue weighted by Crippen LogP contribution is 2.32. The second-order valence-electron chi connectivity index (χ2n) is 7.85. The van der Waals surface area contributed by atoms with Crippen LogP contribution in [-0.4, -0.2) is 31.7 Å². The summed E-state index contributed by atoms with van der Waals surface area (Å²) >= 11 is 1.64.